The molecule has 144 heavy (non-hydrogen) atoms. The first-order chi connectivity index (χ1) is 67.7. The number of aliphatic hydroxyl groups is 1. The van der Waals surface area contributed by atoms with E-state index in [9.17, 15) is 81.8 Å². The number of ketones is 3. The zero-order chi connectivity index (χ0) is 106. The summed E-state index contributed by atoms with van der Waals surface area (Å²) < 4.78 is 214. The van der Waals surface area contributed by atoms with Crippen LogP contribution in [-0.2, 0) is 98.8 Å². The molecule has 8 aliphatic heterocycles. The predicted octanol–water partition coefficient (Wildman–Crippen LogP) is 17.7. The quantitative estimate of drug-likeness (QED) is 0.0168. The lowest BCUT2D eigenvalue weighted by atomic mass is 9.78. The van der Waals surface area contributed by atoms with Gasteiger partial charge in [0.25, 0.3) is 0 Å². The molecule has 1 fully saturated rings. The Morgan fingerprint density at radius 3 is 1.33 bits per heavy atom. The van der Waals surface area contributed by atoms with Gasteiger partial charge in [0.2, 0.25) is 0 Å². The molecule has 8 heterocycles. The van der Waals surface area contributed by atoms with E-state index in [2.05, 4.69) is 50.1 Å². The van der Waals surface area contributed by atoms with Crippen LogP contribution in [0, 0.1) is 11.8 Å². The second kappa shape index (κ2) is 49.0. The number of rotatable bonds is 21. The molecule has 2 N–H and O–H groups in total. The van der Waals surface area contributed by atoms with Crippen molar-refractivity contribution in [2.24, 2.45) is 11.8 Å². The van der Waals surface area contributed by atoms with Crippen molar-refractivity contribution in [1.29, 1.82) is 0 Å². The third kappa shape index (κ3) is 30.2. The fourth-order valence-electron chi connectivity index (χ4n) is 15.2. The molecule has 0 radical (unpaired) electrons. The summed E-state index contributed by atoms with van der Waals surface area (Å²) in [5, 5.41) is 9.79. The van der Waals surface area contributed by atoms with Gasteiger partial charge in [-0.25, -0.2) is 19.2 Å². The molecule has 0 saturated carbocycles. The normalized spacial score (nSPS) is 17.7. The smallest absolute Gasteiger partial charge is 0.493 e. The molecule has 1 saturated heterocycles. The summed E-state index contributed by atoms with van der Waals surface area (Å²) in [4.78, 5) is 85.1. The number of ether oxygens (including phenoxy) is 14. The molecule has 0 bridgehead atoms. The van der Waals surface area contributed by atoms with Crippen molar-refractivity contribution in [3.8, 4) is 40.2 Å². The number of benzene rings is 8. The fraction of sp³-hybridized carbons (Fsp3) is 0.438. The van der Waals surface area contributed by atoms with Crippen LogP contribution in [0.5, 0.6) is 40.2 Å². The Labute approximate surface area is 834 Å². The van der Waals surface area contributed by atoms with E-state index >= 15 is 0 Å². The second-order valence-electron chi connectivity index (χ2n) is 37.3. The molecule has 0 spiro atoms. The molecule has 6 atom stereocenters. The summed E-state index contributed by atoms with van der Waals surface area (Å²) in [6.45, 7) is 33.9. The van der Waals surface area contributed by atoms with Crippen LogP contribution in [0.3, 0.4) is 0 Å². The molecule has 0 aromatic heterocycles. The summed E-state index contributed by atoms with van der Waals surface area (Å²) in [7, 11) is -11.6. The molecule has 8 aromatic carbocycles. The van der Waals surface area contributed by atoms with E-state index in [0.29, 0.717) is 42.3 Å². The Morgan fingerprint density at radius 1 is 0.438 bits per heavy atom. The number of anilines is 1. The van der Waals surface area contributed by atoms with Crippen LogP contribution in [0.2, 0.25) is 0 Å². The van der Waals surface area contributed by atoms with Gasteiger partial charge in [0.1, 0.15) is 66.7 Å². The standard InChI is InChI=1S/C26H30O5.C18H21F3O7S.C17H22O5.C15H21BO3.C13H14O5.C9H8O2.C7H6F3NO2S/c1-5-28-25(27)24(31-26(2,3)4)20-16-30-22-11-7-6-10-19(22)23(20)18-12-13-21-17(15-18)9-8-14-29-21;1-5-25-16(22)15(27-17(2,3)4)12-10-26-13-9-7-6-8-11(13)14(12)28-29(23,24)18(19,20)21;1-5-20-16(19)15(22-17(2,3)4)12-10-21-13-9-7-6-8-11(13)14(12)18;1-14(2)15(3,4)19-16(18-14)12-7-8-13-11(10-12)6-5-9-17-13;1-2-17-13(16)12(15)9-7-18-10-6-4-3-5-8(10)11(9)14;10-8-5-6-11-9-4-2-1-3-7(8)9;8-7(9,10)14(12,13)11-6-4-2-1-3-5-6/h6-7,10-13,15,24H,5,8-9,14,16H2,1-4H3;6-9,15H,5,10H2,1-4H3;6-9,12,15H,5,10H2,1-4H3;7-8,10H,5-6,9H2,1-4H3;3-6,9,12,15H,2,7H2,1H3;1-4H,5-6H2;1-5,11H. The third-order valence-corrected chi connectivity index (χ3v) is 24.6. The highest BCUT2D eigenvalue weighted by molar-refractivity contribution is 7.93. The van der Waals surface area contributed by atoms with Gasteiger partial charge in [-0.3, -0.25) is 19.1 Å². The highest BCUT2D eigenvalue weighted by Gasteiger charge is 2.54. The monoisotopic (exact) mass is 2050 g/mol. The fourth-order valence-corrected chi connectivity index (χ4v) is 16.3. The van der Waals surface area contributed by atoms with Crippen LogP contribution in [-0.4, -0.2) is 206 Å². The van der Waals surface area contributed by atoms with Crippen molar-refractivity contribution in [2.45, 2.75) is 213 Å². The van der Waals surface area contributed by atoms with Gasteiger partial charge in [-0.05, 0) is 256 Å². The molecule has 8 aliphatic rings. The van der Waals surface area contributed by atoms with Crippen molar-refractivity contribution in [3.05, 3.63) is 244 Å². The van der Waals surface area contributed by atoms with E-state index < -0.39 is 120 Å². The van der Waals surface area contributed by atoms with E-state index in [1.54, 1.807) is 115 Å². The summed E-state index contributed by atoms with van der Waals surface area (Å²) in [5.74, 6) is -0.571. The number of hydrogen-bond acceptors (Lipinski definition) is 29. The summed E-state index contributed by atoms with van der Waals surface area (Å²) >= 11 is 0. The number of carbonyl (C=O) groups excluding carboxylic acids is 7. The van der Waals surface area contributed by atoms with Gasteiger partial charge in [-0.15, -0.1) is 0 Å². The number of alkyl halides is 6. The lowest BCUT2D eigenvalue weighted by Gasteiger charge is -2.33. The Bertz CT molecular complexity index is 6130. The number of para-hydroxylation sites is 6. The van der Waals surface area contributed by atoms with Gasteiger partial charge < -0.3 is 84.9 Å². The number of hydrogen-bond donors (Lipinski definition) is 2. The van der Waals surface area contributed by atoms with Crippen LogP contribution in [0.1, 0.15) is 196 Å². The SMILES string of the molecule is CC1(C)OB(c2ccc3c(c2)CCCO3)OC1(C)C.CCOC(=O)C(O)C1COc2ccccc2C1=O.CCOC(=O)C(OC(C)(C)C)C1=C(OS(=O)(=O)C(F)(F)F)c2ccccc2OC1.CCOC(=O)C(OC(C)(C)C)C1=C(c2ccc3c(c2)CCCO3)c2ccccc2OC1.CCOC(=O)C(OC(C)(C)C)C1COc2ccccc2C1=O.O=C1CCOc2ccccc21.O=S(=O)(Nc1ccccc1)C(F)(F)F. The van der Waals surface area contributed by atoms with Crippen molar-refractivity contribution in [3.63, 3.8) is 0 Å². The molecule has 778 valence electrons. The molecule has 0 aliphatic carbocycles. The molecule has 30 nitrogen and oxygen atoms in total. The Hall–Kier alpha value is -12.4. The number of nitrogens with one attached hydrogen (secondary N) is 1. The molecule has 8 aromatic rings. The van der Waals surface area contributed by atoms with Gasteiger partial charge >= 0.3 is 62.2 Å². The highest BCUT2D eigenvalue weighted by atomic mass is 32.2. The maximum atomic E-state index is 13.0. The first-order valence-electron chi connectivity index (χ1n) is 46.8. The minimum absolute atomic E-state index is 0.0180. The number of carbonyl (C=O) groups is 7. The maximum absolute atomic E-state index is 13.0. The van der Waals surface area contributed by atoms with Gasteiger partial charge in [0, 0.05) is 23.2 Å². The van der Waals surface area contributed by atoms with Crippen molar-refractivity contribution in [1.82, 2.24) is 0 Å². The summed E-state index contributed by atoms with van der Waals surface area (Å²) in [5.41, 5.74) is -5.12. The van der Waals surface area contributed by atoms with E-state index in [1.807, 2.05) is 102 Å². The average molecular weight is 2050 g/mol. The van der Waals surface area contributed by atoms with E-state index in [1.165, 1.54) is 58.3 Å². The molecular weight excluding hydrogens is 1930 g/mol. The zero-order valence-electron chi connectivity index (χ0n) is 83.2. The van der Waals surface area contributed by atoms with Crippen LogP contribution in [0.4, 0.5) is 32.0 Å². The first kappa shape index (κ1) is 114. The molecule has 39 heteroatoms. The van der Waals surface area contributed by atoms with Crippen LogP contribution < -0.4 is 43.3 Å². The van der Waals surface area contributed by atoms with Gasteiger partial charge in [0.05, 0.1) is 114 Å². The Kier molecular flexibility index (Phi) is 38.7. The summed E-state index contributed by atoms with van der Waals surface area (Å²) in [6.07, 6.45) is -0.201. The topological polar surface area (TPSA) is 377 Å². The third-order valence-electron chi connectivity index (χ3n) is 22.6. The van der Waals surface area contributed by atoms with Crippen LogP contribution >= 0.6 is 0 Å². The van der Waals surface area contributed by atoms with E-state index in [4.69, 9.17) is 75.6 Å². The maximum Gasteiger partial charge on any atom is 0.534 e. The highest BCUT2D eigenvalue weighted by Crippen LogP contribution is 2.45. The lowest BCUT2D eigenvalue weighted by Crippen LogP contribution is -2.46. The number of esters is 4. The number of aliphatic hydroxyl groups excluding tert-OH is 1. The van der Waals surface area contributed by atoms with Crippen molar-refractivity contribution >= 4 is 91.0 Å². The first-order valence-corrected chi connectivity index (χ1v) is 49.7. The number of halogens is 6. The molecule has 0 amide bonds. The molecule has 16 rings (SSSR count). The minimum atomic E-state index is -6.01. The Balaban J connectivity index is 0.000000176. The predicted molar refractivity (Wildman–Crippen MR) is 521 cm³/mol. The summed E-state index contributed by atoms with van der Waals surface area (Å²) in [6, 6.07) is 54.2. The average Bonchev–Trinajstić information content (AvgIpc) is 1.33. The minimum Gasteiger partial charge on any atom is -0.493 e. The van der Waals surface area contributed by atoms with E-state index in [-0.39, 0.29) is 97.9 Å². The second-order valence-corrected chi connectivity index (χ2v) is 40.5. The number of fused-ring (bicyclic) bond motifs is 7. The van der Waals surface area contributed by atoms with E-state index in [0.717, 1.165) is 95.2 Å². The molecule has 6 unspecified atom stereocenters. The van der Waals surface area contributed by atoms with Gasteiger partial charge in [-0.1, -0.05) is 103 Å². The van der Waals surface area contributed by atoms with Crippen molar-refractivity contribution < 1.29 is 162 Å². The van der Waals surface area contributed by atoms with Gasteiger partial charge in [-0.2, -0.15) is 43.2 Å². The Morgan fingerprint density at radius 2 is 0.840 bits per heavy atom. The van der Waals surface area contributed by atoms with Crippen LogP contribution in [0.25, 0.3) is 11.3 Å². The number of aryl methyl sites for hydroxylation is 2. The number of sulfonamides is 1. The molecular formula is C105H122BF6NO29S2. The van der Waals surface area contributed by atoms with Gasteiger partial charge in [0.15, 0.2) is 47.5 Å². The largest absolute Gasteiger partial charge is 0.534 e. The zero-order valence-corrected chi connectivity index (χ0v) is 84.8. The number of Topliss-reactive ketones (excluding diaryl/α,β-unsaturated/α-hetero) is 3. The lowest BCUT2D eigenvalue weighted by molar-refractivity contribution is -0.171. The van der Waals surface area contributed by atoms with Crippen molar-refractivity contribution in [2.75, 3.05) is 77.4 Å². The van der Waals surface area contributed by atoms with Crippen LogP contribution in [0.15, 0.2) is 199 Å².